The van der Waals surface area contributed by atoms with Crippen molar-refractivity contribution in [1.29, 1.82) is 0 Å². The summed E-state index contributed by atoms with van der Waals surface area (Å²) in [7, 11) is 0. The number of nitrogens with two attached hydrogens (primary N) is 1. The topological polar surface area (TPSA) is 43.3 Å². The summed E-state index contributed by atoms with van der Waals surface area (Å²) in [6.07, 6.45) is 1.29. The van der Waals surface area contributed by atoms with E-state index in [-0.39, 0.29) is 5.82 Å². The third kappa shape index (κ3) is 2.03. The molecule has 3 nitrogen and oxygen atoms in total. The minimum Gasteiger partial charge on any atom is -0.383 e. The van der Waals surface area contributed by atoms with E-state index in [4.69, 9.17) is 28.9 Å². The summed E-state index contributed by atoms with van der Waals surface area (Å²) in [6.45, 7) is 0. The lowest BCUT2D eigenvalue weighted by Crippen LogP contribution is -1.94. The van der Waals surface area contributed by atoms with E-state index in [0.29, 0.717) is 27.2 Å². The lowest BCUT2D eigenvalue weighted by Gasteiger charge is -2.01. The Morgan fingerprint density at radius 2 is 1.89 bits per heavy atom. The zero-order valence-electron chi connectivity index (χ0n) is 9.57. The fourth-order valence-corrected chi connectivity index (χ4v) is 2.19. The number of imidazole rings is 1. The normalized spacial score (nSPS) is 11.1. The van der Waals surface area contributed by atoms with Crippen molar-refractivity contribution in [2.45, 2.75) is 0 Å². The van der Waals surface area contributed by atoms with E-state index >= 15 is 0 Å². The maximum absolute atomic E-state index is 13.2. The van der Waals surface area contributed by atoms with Gasteiger partial charge in [0.2, 0.25) is 0 Å². The van der Waals surface area contributed by atoms with Gasteiger partial charge in [0.1, 0.15) is 23.0 Å². The molecule has 0 saturated carbocycles. The minimum atomic E-state index is -0.378. The molecule has 96 valence electrons. The summed E-state index contributed by atoms with van der Waals surface area (Å²) in [5, 5.41) is 0.876. The third-order valence-electron chi connectivity index (χ3n) is 2.81. The molecule has 0 unspecified atom stereocenters. The standard InChI is InChI=1S/C13H8Cl2FN3/c14-9-3-1-7(5-10(9)15)12-13(17)19-6-8(16)2-4-11(19)18-12/h1-6H,17H2. The zero-order valence-corrected chi connectivity index (χ0v) is 11.1. The second-order valence-electron chi connectivity index (χ2n) is 4.05. The van der Waals surface area contributed by atoms with Crippen molar-refractivity contribution in [1.82, 2.24) is 9.38 Å². The molecule has 6 heteroatoms. The van der Waals surface area contributed by atoms with Gasteiger partial charge in [-0.05, 0) is 24.3 Å². The van der Waals surface area contributed by atoms with Crippen LogP contribution < -0.4 is 5.73 Å². The first kappa shape index (κ1) is 12.3. The number of rotatable bonds is 1. The number of hydrogen-bond acceptors (Lipinski definition) is 2. The number of aromatic nitrogens is 2. The molecule has 0 bridgehead atoms. The molecule has 0 spiro atoms. The van der Waals surface area contributed by atoms with Crippen molar-refractivity contribution in [2.24, 2.45) is 0 Å². The summed E-state index contributed by atoms with van der Waals surface area (Å²) in [6, 6.07) is 8.01. The highest BCUT2D eigenvalue weighted by Gasteiger charge is 2.12. The first-order valence-corrected chi connectivity index (χ1v) is 6.20. The molecule has 0 radical (unpaired) electrons. The Balaban J connectivity index is 2.24. The van der Waals surface area contributed by atoms with Crippen LogP contribution in [0.3, 0.4) is 0 Å². The van der Waals surface area contributed by atoms with E-state index in [9.17, 15) is 4.39 Å². The van der Waals surface area contributed by atoms with E-state index in [2.05, 4.69) is 4.98 Å². The van der Waals surface area contributed by atoms with Crippen molar-refractivity contribution >= 4 is 34.7 Å². The predicted molar refractivity (Wildman–Crippen MR) is 75.0 cm³/mol. The molecule has 1 aromatic carbocycles. The van der Waals surface area contributed by atoms with Gasteiger partial charge in [-0.1, -0.05) is 29.3 Å². The Labute approximate surface area is 118 Å². The number of halogens is 3. The van der Waals surface area contributed by atoms with Gasteiger partial charge in [-0.25, -0.2) is 9.37 Å². The van der Waals surface area contributed by atoms with Crippen LogP contribution in [0.1, 0.15) is 0 Å². The molecule has 0 saturated heterocycles. The molecular formula is C13H8Cl2FN3. The summed E-state index contributed by atoms with van der Waals surface area (Å²) in [5.41, 5.74) is 7.83. The van der Waals surface area contributed by atoms with Crippen molar-refractivity contribution in [3.63, 3.8) is 0 Å². The van der Waals surface area contributed by atoms with E-state index in [0.717, 1.165) is 5.56 Å². The second kappa shape index (κ2) is 4.40. The van der Waals surface area contributed by atoms with Crippen molar-refractivity contribution in [3.05, 3.63) is 52.4 Å². The number of hydrogen-bond donors (Lipinski definition) is 1. The number of nitrogen functional groups attached to an aromatic ring is 1. The summed E-state index contributed by atoms with van der Waals surface area (Å²) >= 11 is 11.8. The van der Waals surface area contributed by atoms with Gasteiger partial charge < -0.3 is 5.73 Å². The Kier molecular flexibility index (Phi) is 2.84. The zero-order chi connectivity index (χ0) is 13.6. The van der Waals surface area contributed by atoms with E-state index < -0.39 is 0 Å². The number of fused-ring (bicyclic) bond motifs is 1. The maximum atomic E-state index is 13.2. The van der Waals surface area contributed by atoms with Gasteiger partial charge in [-0.2, -0.15) is 0 Å². The van der Waals surface area contributed by atoms with Crippen LogP contribution in [-0.2, 0) is 0 Å². The van der Waals surface area contributed by atoms with E-state index in [1.54, 1.807) is 24.3 Å². The van der Waals surface area contributed by atoms with Gasteiger partial charge in [0.05, 0.1) is 10.0 Å². The molecule has 0 fully saturated rings. The first-order valence-electron chi connectivity index (χ1n) is 5.45. The molecule has 2 heterocycles. The fraction of sp³-hybridized carbons (Fsp3) is 0. The Morgan fingerprint density at radius 3 is 2.63 bits per heavy atom. The first-order chi connectivity index (χ1) is 9.06. The number of nitrogens with zero attached hydrogens (tertiary/aromatic N) is 2. The molecule has 0 atom stereocenters. The average molecular weight is 296 g/mol. The lowest BCUT2D eigenvalue weighted by molar-refractivity contribution is 0.619. The molecule has 0 aliphatic carbocycles. The number of pyridine rings is 1. The highest BCUT2D eigenvalue weighted by Crippen LogP contribution is 2.31. The summed E-state index contributed by atoms with van der Waals surface area (Å²) in [4.78, 5) is 4.36. The van der Waals surface area contributed by atoms with Crippen molar-refractivity contribution in [2.75, 3.05) is 5.73 Å². The van der Waals surface area contributed by atoms with Crippen LogP contribution in [0, 0.1) is 5.82 Å². The minimum absolute atomic E-state index is 0.355. The van der Waals surface area contributed by atoms with Gasteiger partial charge >= 0.3 is 0 Å². The van der Waals surface area contributed by atoms with Crippen molar-refractivity contribution in [3.8, 4) is 11.3 Å². The molecule has 0 amide bonds. The highest BCUT2D eigenvalue weighted by atomic mass is 35.5. The van der Waals surface area contributed by atoms with Crippen LogP contribution in [-0.4, -0.2) is 9.38 Å². The van der Waals surface area contributed by atoms with Gasteiger partial charge in [0.25, 0.3) is 0 Å². The predicted octanol–water partition coefficient (Wildman–Crippen LogP) is 4.03. The van der Waals surface area contributed by atoms with Gasteiger partial charge in [0.15, 0.2) is 0 Å². The van der Waals surface area contributed by atoms with Gasteiger partial charge in [0, 0.05) is 11.8 Å². The van der Waals surface area contributed by atoms with Crippen LogP contribution in [0.2, 0.25) is 10.0 Å². The summed E-state index contributed by atoms with van der Waals surface area (Å²) < 4.78 is 14.7. The molecule has 0 aliphatic heterocycles. The molecule has 0 aliphatic rings. The van der Waals surface area contributed by atoms with E-state index in [1.807, 2.05) is 0 Å². The molecule has 3 aromatic rings. The maximum Gasteiger partial charge on any atom is 0.140 e. The Hall–Kier alpha value is -1.78. The van der Waals surface area contributed by atoms with Crippen LogP contribution >= 0.6 is 23.2 Å². The van der Waals surface area contributed by atoms with Crippen LogP contribution in [0.25, 0.3) is 16.9 Å². The second-order valence-corrected chi connectivity index (χ2v) is 4.86. The molecule has 2 N–H and O–H groups in total. The van der Waals surface area contributed by atoms with E-state index in [1.165, 1.54) is 16.7 Å². The van der Waals surface area contributed by atoms with Gasteiger partial charge in [-0.3, -0.25) is 4.40 Å². The van der Waals surface area contributed by atoms with Crippen LogP contribution in [0.15, 0.2) is 36.5 Å². The van der Waals surface area contributed by atoms with Crippen LogP contribution in [0.4, 0.5) is 10.2 Å². The fourth-order valence-electron chi connectivity index (χ4n) is 1.89. The average Bonchev–Trinajstić information content (AvgIpc) is 2.70. The molecule has 19 heavy (non-hydrogen) atoms. The Morgan fingerprint density at radius 1 is 1.11 bits per heavy atom. The van der Waals surface area contributed by atoms with Gasteiger partial charge in [-0.15, -0.1) is 0 Å². The molecular weight excluding hydrogens is 288 g/mol. The SMILES string of the molecule is Nc1c(-c2ccc(Cl)c(Cl)c2)nc2ccc(F)cn12. The Bertz CT molecular complexity index is 783. The third-order valence-corrected chi connectivity index (χ3v) is 3.55. The smallest absolute Gasteiger partial charge is 0.140 e. The summed E-state index contributed by atoms with van der Waals surface area (Å²) in [5.74, 6) is -0.0230. The highest BCUT2D eigenvalue weighted by molar-refractivity contribution is 6.42. The number of benzene rings is 1. The monoisotopic (exact) mass is 295 g/mol. The molecule has 3 rings (SSSR count). The largest absolute Gasteiger partial charge is 0.383 e. The van der Waals surface area contributed by atoms with Crippen molar-refractivity contribution < 1.29 is 4.39 Å². The lowest BCUT2D eigenvalue weighted by atomic mass is 10.1. The quantitative estimate of drug-likeness (QED) is 0.736. The van der Waals surface area contributed by atoms with Crippen LogP contribution in [0.5, 0.6) is 0 Å². The number of anilines is 1. The molecule has 2 aromatic heterocycles.